The lowest BCUT2D eigenvalue weighted by atomic mass is 10.2. The molecule has 0 atom stereocenters. The number of hydrogen-bond acceptors (Lipinski definition) is 7. The van der Waals surface area contributed by atoms with Crippen molar-refractivity contribution in [2.24, 2.45) is 17.8 Å². The van der Waals surface area contributed by atoms with Crippen LogP contribution in [0.1, 0.15) is 62.3 Å². The molecule has 0 heterocycles. The maximum atomic E-state index is 5.73. The van der Waals surface area contributed by atoms with E-state index in [0.717, 1.165) is 17.1 Å². The Morgan fingerprint density at radius 3 is 1.07 bits per heavy atom. The topological polar surface area (TPSA) is 73.0 Å². The zero-order valence-corrected chi connectivity index (χ0v) is 19.6. The maximum Gasteiger partial charge on any atom is 0.746 e. The van der Waals surface area contributed by atoms with Crippen molar-refractivity contribution in [2.75, 3.05) is 7.11 Å². The van der Waals surface area contributed by atoms with Gasteiger partial charge in [0.1, 0.15) is 0 Å². The summed E-state index contributed by atoms with van der Waals surface area (Å²) in [7, 11) is -2.08. The molecule has 158 valence electrons. The first-order valence-corrected chi connectivity index (χ1v) is 11.1. The summed E-state index contributed by atoms with van der Waals surface area (Å²) in [6, 6.07) is 0. The van der Waals surface area contributed by atoms with Gasteiger partial charge in [0.15, 0.2) is 0 Å². The van der Waals surface area contributed by atoms with Gasteiger partial charge in [-0.1, -0.05) is 59.8 Å². The number of hydroxylamine groups is 3. The summed E-state index contributed by atoms with van der Waals surface area (Å²) in [4.78, 5) is 0. The Morgan fingerprint density at radius 2 is 0.889 bits per heavy atom. The van der Waals surface area contributed by atoms with Crippen molar-refractivity contribution in [3.8, 4) is 0 Å². The largest absolute Gasteiger partial charge is 0.746 e. The lowest BCUT2D eigenvalue weighted by molar-refractivity contribution is -0.0826. The summed E-state index contributed by atoms with van der Waals surface area (Å²) < 4.78 is 22.7. The highest BCUT2D eigenvalue weighted by Gasteiger charge is 2.49. The molecule has 0 bridgehead atoms. The Hall–Kier alpha value is -1.32. The van der Waals surface area contributed by atoms with Gasteiger partial charge in [0, 0.05) is 24.2 Å². The first kappa shape index (κ1) is 25.7. The number of hydrogen-bond donors (Lipinski definition) is 3. The minimum absolute atomic E-state index is 0.380. The van der Waals surface area contributed by atoms with E-state index >= 15 is 0 Å². The van der Waals surface area contributed by atoms with Crippen LogP contribution in [0.25, 0.3) is 0 Å². The Balaban J connectivity index is 5.23. The van der Waals surface area contributed by atoms with E-state index < -0.39 is 9.05 Å². The van der Waals surface area contributed by atoms with E-state index in [0.29, 0.717) is 17.8 Å². The highest BCUT2D eigenvalue weighted by Crippen LogP contribution is 2.11. The Labute approximate surface area is 166 Å². The third kappa shape index (κ3) is 12.6. The standard InChI is InChI=1S/C19H39N3O4Si/c1-14(2)11-17(7)20-24-27(23-10,25-21-18(8)12-15(3)4)26-22-19(9)13-16(5)6/h11-16,20-22H,1-10H3. The predicted octanol–water partition coefficient (Wildman–Crippen LogP) is 4.31. The Morgan fingerprint density at radius 1 is 0.630 bits per heavy atom. The van der Waals surface area contributed by atoms with E-state index in [9.17, 15) is 0 Å². The van der Waals surface area contributed by atoms with Gasteiger partial charge in [-0.15, -0.1) is 0 Å². The van der Waals surface area contributed by atoms with E-state index in [-0.39, 0.29) is 0 Å². The second-order valence-electron chi connectivity index (χ2n) is 7.60. The number of allylic oxidation sites excluding steroid dienone is 6. The molecule has 0 aromatic carbocycles. The van der Waals surface area contributed by atoms with E-state index in [2.05, 4.69) is 58.0 Å². The molecular weight excluding hydrogens is 362 g/mol. The summed E-state index contributed by atoms with van der Waals surface area (Å²) in [5.41, 5.74) is 11.1. The van der Waals surface area contributed by atoms with Crippen molar-refractivity contribution in [3.63, 3.8) is 0 Å². The van der Waals surface area contributed by atoms with Crippen molar-refractivity contribution in [2.45, 2.75) is 62.3 Å². The molecule has 0 unspecified atom stereocenters. The normalized spacial score (nSPS) is 16.1. The van der Waals surface area contributed by atoms with Crippen LogP contribution in [0.3, 0.4) is 0 Å². The molecule has 27 heavy (non-hydrogen) atoms. The van der Waals surface area contributed by atoms with Crippen LogP contribution in [0, 0.1) is 17.8 Å². The molecule has 0 saturated carbocycles. The summed E-state index contributed by atoms with van der Waals surface area (Å²) in [5, 5.41) is 0. The zero-order valence-electron chi connectivity index (χ0n) is 18.6. The van der Waals surface area contributed by atoms with Gasteiger partial charge in [0.2, 0.25) is 0 Å². The molecule has 0 rings (SSSR count). The van der Waals surface area contributed by atoms with E-state index in [4.69, 9.17) is 18.0 Å². The molecule has 0 aromatic rings. The van der Waals surface area contributed by atoms with Crippen LogP contribution in [0.15, 0.2) is 35.3 Å². The monoisotopic (exact) mass is 401 g/mol. The SMILES string of the molecule is CO[Si](ONC(C)=CC(C)C)(ONC(C)=CC(C)C)ONC(C)=CC(C)C. The number of rotatable bonds is 13. The third-order valence-electron chi connectivity index (χ3n) is 3.01. The molecule has 0 fully saturated rings. The van der Waals surface area contributed by atoms with Gasteiger partial charge in [-0.25, -0.2) is 13.6 Å². The maximum absolute atomic E-state index is 5.73. The molecule has 0 spiro atoms. The van der Waals surface area contributed by atoms with Crippen molar-refractivity contribution < 1.29 is 18.0 Å². The first-order valence-electron chi connectivity index (χ1n) is 9.42. The molecule has 0 aromatic heterocycles. The molecule has 0 amide bonds. The van der Waals surface area contributed by atoms with Gasteiger partial charge in [-0.2, -0.15) is 0 Å². The molecule has 3 N–H and O–H groups in total. The average molecular weight is 402 g/mol. The molecule has 7 nitrogen and oxygen atoms in total. The molecule has 0 saturated heterocycles. The lowest BCUT2D eigenvalue weighted by Crippen LogP contribution is -2.56. The highest BCUT2D eigenvalue weighted by molar-refractivity contribution is 6.53. The van der Waals surface area contributed by atoms with Crippen LogP contribution >= 0.6 is 0 Å². The Kier molecular flexibility index (Phi) is 12.3. The summed E-state index contributed by atoms with van der Waals surface area (Å²) in [6.07, 6.45) is 6.09. The van der Waals surface area contributed by atoms with Crippen LogP contribution in [0.2, 0.25) is 0 Å². The quantitative estimate of drug-likeness (QED) is 0.314. The van der Waals surface area contributed by atoms with Crippen molar-refractivity contribution >= 4 is 9.05 Å². The molecule has 0 aliphatic rings. The minimum atomic E-state index is -3.57. The van der Waals surface area contributed by atoms with Crippen LogP contribution in [0.4, 0.5) is 0 Å². The molecule has 0 aliphatic carbocycles. The van der Waals surface area contributed by atoms with Gasteiger partial charge in [0.05, 0.1) is 0 Å². The van der Waals surface area contributed by atoms with E-state index in [1.54, 1.807) is 0 Å². The fraction of sp³-hybridized carbons (Fsp3) is 0.684. The Bertz CT molecular complexity index is 448. The number of nitrogens with one attached hydrogen (secondary N) is 3. The van der Waals surface area contributed by atoms with Crippen molar-refractivity contribution in [1.29, 1.82) is 0 Å². The van der Waals surface area contributed by atoms with Crippen molar-refractivity contribution in [1.82, 2.24) is 16.4 Å². The van der Waals surface area contributed by atoms with Gasteiger partial charge in [-0.05, 0) is 38.5 Å². The van der Waals surface area contributed by atoms with Gasteiger partial charge in [-0.3, -0.25) is 16.4 Å². The lowest BCUT2D eigenvalue weighted by Gasteiger charge is -2.27. The van der Waals surface area contributed by atoms with Crippen LogP contribution in [-0.2, 0) is 18.0 Å². The summed E-state index contributed by atoms with van der Waals surface area (Å²) in [6.45, 7) is 18.2. The molecule has 0 radical (unpaired) electrons. The molecule has 8 heteroatoms. The fourth-order valence-corrected chi connectivity index (χ4v) is 3.45. The average Bonchev–Trinajstić information content (AvgIpc) is 2.52. The van der Waals surface area contributed by atoms with E-state index in [1.165, 1.54) is 7.11 Å². The second-order valence-corrected chi connectivity index (χ2v) is 9.62. The van der Waals surface area contributed by atoms with Gasteiger partial charge in [0.25, 0.3) is 0 Å². The third-order valence-corrected chi connectivity index (χ3v) is 4.57. The minimum Gasteiger partial charge on any atom is -0.351 e. The van der Waals surface area contributed by atoms with Gasteiger partial charge >= 0.3 is 9.05 Å². The summed E-state index contributed by atoms with van der Waals surface area (Å²) >= 11 is 0. The van der Waals surface area contributed by atoms with E-state index in [1.807, 2.05) is 39.0 Å². The summed E-state index contributed by atoms with van der Waals surface area (Å²) in [5.74, 6) is 1.14. The van der Waals surface area contributed by atoms with Crippen LogP contribution < -0.4 is 16.4 Å². The smallest absolute Gasteiger partial charge is 0.351 e. The highest BCUT2D eigenvalue weighted by atomic mass is 28.4. The van der Waals surface area contributed by atoms with Crippen LogP contribution in [0.5, 0.6) is 0 Å². The predicted molar refractivity (Wildman–Crippen MR) is 111 cm³/mol. The van der Waals surface area contributed by atoms with Gasteiger partial charge < -0.3 is 4.43 Å². The molecule has 0 aliphatic heterocycles. The fourth-order valence-electron chi connectivity index (χ4n) is 2.22. The first-order chi connectivity index (χ1) is 12.5. The van der Waals surface area contributed by atoms with Crippen LogP contribution in [-0.4, -0.2) is 16.2 Å². The van der Waals surface area contributed by atoms with Crippen molar-refractivity contribution in [3.05, 3.63) is 35.3 Å². The zero-order chi connectivity index (χ0) is 21.0. The molecular formula is C19H39N3O4Si. The second kappa shape index (κ2) is 13.0.